The van der Waals surface area contributed by atoms with E-state index >= 15 is 0 Å². The Kier molecular flexibility index (Phi) is 4.63. The van der Waals surface area contributed by atoms with Gasteiger partial charge >= 0.3 is 0 Å². The van der Waals surface area contributed by atoms with Crippen LogP contribution in [0.2, 0.25) is 0 Å². The summed E-state index contributed by atoms with van der Waals surface area (Å²) < 4.78 is 5.76. The second-order valence-electron chi connectivity index (χ2n) is 4.55. The number of rotatable bonds is 6. The lowest BCUT2D eigenvalue weighted by Crippen LogP contribution is -2.21. The number of pyridine rings is 1. The van der Waals surface area contributed by atoms with Crippen LogP contribution in [0.15, 0.2) is 22.7 Å². The monoisotopic (exact) mass is 260 g/mol. The lowest BCUT2D eigenvalue weighted by atomic mass is 10.2. The molecule has 2 heterocycles. The van der Waals surface area contributed by atoms with Crippen molar-refractivity contribution >= 4 is 0 Å². The minimum Gasteiger partial charge on any atom is -0.419 e. The molecule has 2 aromatic heterocycles. The zero-order valence-electron chi connectivity index (χ0n) is 11.7. The summed E-state index contributed by atoms with van der Waals surface area (Å²) in [6, 6.07) is 3.95. The van der Waals surface area contributed by atoms with Gasteiger partial charge in [-0.15, -0.1) is 10.2 Å². The Morgan fingerprint density at radius 1 is 1.32 bits per heavy atom. The average molecular weight is 260 g/mol. The lowest BCUT2D eigenvalue weighted by molar-refractivity contribution is 0.396. The highest BCUT2D eigenvalue weighted by Gasteiger charge is 2.16. The molecule has 2 rings (SSSR count). The quantitative estimate of drug-likeness (QED) is 0.865. The van der Waals surface area contributed by atoms with E-state index < -0.39 is 0 Å². The van der Waals surface area contributed by atoms with Crippen molar-refractivity contribution in [3.8, 4) is 11.5 Å². The predicted molar refractivity (Wildman–Crippen MR) is 73.6 cm³/mol. The first-order valence-corrected chi connectivity index (χ1v) is 6.74. The van der Waals surface area contributed by atoms with Crippen LogP contribution >= 0.6 is 0 Å². The summed E-state index contributed by atoms with van der Waals surface area (Å²) in [6.07, 6.45) is 3.76. The highest BCUT2D eigenvalue weighted by Crippen LogP contribution is 2.22. The van der Waals surface area contributed by atoms with Crippen molar-refractivity contribution < 1.29 is 4.42 Å². The standard InChI is InChI=1S/C14H20N4O/c1-4-7-16-12(5-2)14-18-17-13(19-14)11-6-8-15-10(3)9-11/h6,8-9,12,16H,4-5,7H2,1-3H3. The minimum atomic E-state index is 0.129. The van der Waals surface area contributed by atoms with Crippen molar-refractivity contribution in [2.75, 3.05) is 6.54 Å². The molecule has 0 aromatic carbocycles. The van der Waals surface area contributed by atoms with Gasteiger partial charge in [0.2, 0.25) is 11.8 Å². The van der Waals surface area contributed by atoms with E-state index in [0.717, 1.165) is 30.6 Å². The van der Waals surface area contributed by atoms with Crippen LogP contribution in [-0.2, 0) is 0 Å². The van der Waals surface area contributed by atoms with Crippen molar-refractivity contribution in [3.05, 3.63) is 29.9 Å². The molecule has 102 valence electrons. The number of aromatic nitrogens is 3. The second-order valence-corrected chi connectivity index (χ2v) is 4.55. The number of hydrogen-bond donors (Lipinski definition) is 1. The fraction of sp³-hybridized carbons (Fsp3) is 0.500. The van der Waals surface area contributed by atoms with Crippen LogP contribution < -0.4 is 5.32 Å². The van der Waals surface area contributed by atoms with Crippen molar-refractivity contribution in [2.45, 2.75) is 39.7 Å². The Bertz CT molecular complexity index is 524. The van der Waals surface area contributed by atoms with E-state index in [9.17, 15) is 0 Å². The third-order valence-electron chi connectivity index (χ3n) is 2.93. The van der Waals surface area contributed by atoms with Gasteiger partial charge in [0.1, 0.15) is 0 Å². The van der Waals surface area contributed by atoms with E-state index in [4.69, 9.17) is 4.42 Å². The number of aryl methyl sites for hydroxylation is 1. The maximum atomic E-state index is 5.76. The van der Waals surface area contributed by atoms with Gasteiger partial charge in [-0.2, -0.15) is 0 Å². The molecule has 2 aromatic rings. The first-order chi connectivity index (χ1) is 9.24. The number of hydrogen-bond acceptors (Lipinski definition) is 5. The molecular formula is C14H20N4O. The third kappa shape index (κ3) is 3.38. The third-order valence-corrected chi connectivity index (χ3v) is 2.93. The molecule has 0 fully saturated rings. The molecule has 0 saturated carbocycles. The molecule has 1 atom stereocenters. The van der Waals surface area contributed by atoms with Crippen LogP contribution in [0.3, 0.4) is 0 Å². The molecule has 5 nitrogen and oxygen atoms in total. The maximum absolute atomic E-state index is 5.76. The summed E-state index contributed by atoms with van der Waals surface area (Å²) in [6.45, 7) is 7.13. The van der Waals surface area contributed by atoms with Crippen LogP contribution in [0.5, 0.6) is 0 Å². The van der Waals surface area contributed by atoms with Crippen molar-refractivity contribution in [2.24, 2.45) is 0 Å². The summed E-state index contributed by atoms with van der Waals surface area (Å²) in [5.74, 6) is 1.21. The van der Waals surface area contributed by atoms with Gasteiger partial charge in [-0.3, -0.25) is 4.98 Å². The topological polar surface area (TPSA) is 63.8 Å². The van der Waals surface area contributed by atoms with Crippen molar-refractivity contribution in [3.63, 3.8) is 0 Å². The van der Waals surface area contributed by atoms with Gasteiger partial charge in [-0.1, -0.05) is 13.8 Å². The van der Waals surface area contributed by atoms with E-state index in [1.807, 2.05) is 19.1 Å². The molecule has 1 unspecified atom stereocenters. The van der Waals surface area contributed by atoms with Crippen LogP contribution in [0.1, 0.15) is 44.3 Å². The Morgan fingerprint density at radius 3 is 2.84 bits per heavy atom. The summed E-state index contributed by atoms with van der Waals surface area (Å²) in [7, 11) is 0. The Balaban J connectivity index is 2.18. The lowest BCUT2D eigenvalue weighted by Gasteiger charge is -2.11. The van der Waals surface area contributed by atoms with E-state index in [1.165, 1.54) is 0 Å². The summed E-state index contributed by atoms with van der Waals surface area (Å²) in [5, 5.41) is 11.7. The fourth-order valence-electron chi connectivity index (χ4n) is 1.90. The molecule has 0 aliphatic rings. The van der Waals surface area contributed by atoms with Crippen molar-refractivity contribution in [1.82, 2.24) is 20.5 Å². The molecule has 19 heavy (non-hydrogen) atoms. The van der Waals surface area contributed by atoms with Gasteiger partial charge in [-0.05, 0) is 38.4 Å². The van der Waals surface area contributed by atoms with Gasteiger partial charge in [0.15, 0.2) is 0 Å². The SMILES string of the molecule is CCCNC(CC)c1nnc(-c2ccnc(C)c2)o1. The molecule has 0 aliphatic carbocycles. The molecule has 0 aliphatic heterocycles. The minimum absolute atomic E-state index is 0.129. The zero-order valence-corrected chi connectivity index (χ0v) is 11.7. The Labute approximate surface area is 113 Å². The highest BCUT2D eigenvalue weighted by molar-refractivity contribution is 5.52. The zero-order chi connectivity index (χ0) is 13.7. The summed E-state index contributed by atoms with van der Waals surface area (Å²) in [4.78, 5) is 4.16. The van der Waals surface area contributed by atoms with Gasteiger partial charge in [0, 0.05) is 17.5 Å². The van der Waals surface area contributed by atoms with Crippen LogP contribution in [0.25, 0.3) is 11.5 Å². The van der Waals surface area contributed by atoms with Crippen molar-refractivity contribution in [1.29, 1.82) is 0 Å². The smallest absolute Gasteiger partial charge is 0.247 e. The van der Waals surface area contributed by atoms with E-state index in [2.05, 4.69) is 34.3 Å². The first kappa shape index (κ1) is 13.7. The molecule has 0 spiro atoms. The molecule has 5 heteroatoms. The summed E-state index contributed by atoms with van der Waals surface area (Å²) >= 11 is 0. The van der Waals surface area contributed by atoms with Crippen LogP contribution in [0, 0.1) is 6.92 Å². The Hall–Kier alpha value is -1.75. The highest BCUT2D eigenvalue weighted by atomic mass is 16.4. The maximum Gasteiger partial charge on any atom is 0.247 e. The molecular weight excluding hydrogens is 240 g/mol. The van der Waals surface area contributed by atoms with Gasteiger partial charge in [0.25, 0.3) is 0 Å². The average Bonchev–Trinajstić information content (AvgIpc) is 2.89. The largest absolute Gasteiger partial charge is 0.419 e. The first-order valence-electron chi connectivity index (χ1n) is 6.74. The molecule has 1 N–H and O–H groups in total. The molecule has 0 radical (unpaired) electrons. The van der Waals surface area contributed by atoms with E-state index in [1.54, 1.807) is 6.20 Å². The Morgan fingerprint density at radius 2 is 2.16 bits per heavy atom. The predicted octanol–water partition coefficient (Wildman–Crippen LogP) is 2.89. The normalized spacial score (nSPS) is 12.6. The second kappa shape index (κ2) is 6.43. The van der Waals surface area contributed by atoms with E-state index in [-0.39, 0.29) is 6.04 Å². The molecule has 0 bridgehead atoms. The molecule has 0 saturated heterocycles. The fourth-order valence-corrected chi connectivity index (χ4v) is 1.90. The van der Waals surface area contributed by atoms with Gasteiger partial charge in [0.05, 0.1) is 6.04 Å². The van der Waals surface area contributed by atoms with Gasteiger partial charge in [-0.25, -0.2) is 0 Å². The van der Waals surface area contributed by atoms with E-state index in [0.29, 0.717) is 11.8 Å². The van der Waals surface area contributed by atoms with Crippen LogP contribution in [0.4, 0.5) is 0 Å². The molecule has 0 amide bonds. The summed E-state index contributed by atoms with van der Waals surface area (Å²) in [5.41, 5.74) is 1.85. The van der Waals surface area contributed by atoms with Crippen LogP contribution in [-0.4, -0.2) is 21.7 Å². The van der Waals surface area contributed by atoms with Gasteiger partial charge < -0.3 is 9.73 Å². The number of nitrogens with zero attached hydrogens (tertiary/aromatic N) is 3. The number of nitrogens with one attached hydrogen (secondary N) is 1.